The van der Waals surface area contributed by atoms with Crippen LogP contribution in [0.15, 0.2) is 24.3 Å². The van der Waals surface area contributed by atoms with Crippen molar-refractivity contribution in [3.05, 3.63) is 24.3 Å². The van der Waals surface area contributed by atoms with E-state index in [1.165, 1.54) is 6.92 Å². The second-order valence-electron chi connectivity index (χ2n) is 4.78. The Kier molecular flexibility index (Phi) is 5.07. The molecular formula is C15H17NO5S. The number of carbonyl (C=O) groups excluding carboxylic acids is 2. The fourth-order valence-electron chi connectivity index (χ4n) is 2.19. The summed E-state index contributed by atoms with van der Waals surface area (Å²) in [5.74, 6) is -1.27. The van der Waals surface area contributed by atoms with E-state index in [-0.39, 0.29) is 12.3 Å². The third-order valence-corrected chi connectivity index (χ3v) is 4.53. The number of imide groups is 1. The molecule has 1 aromatic rings. The summed E-state index contributed by atoms with van der Waals surface area (Å²) in [6.07, 6.45) is 0.00157. The second-order valence-corrected chi connectivity index (χ2v) is 6.33. The zero-order valence-electron chi connectivity index (χ0n) is 12.3. The molecule has 2 unspecified atom stereocenters. The van der Waals surface area contributed by atoms with Crippen LogP contribution in [-0.4, -0.2) is 40.0 Å². The number of hydrogen-bond acceptors (Lipinski definition) is 5. The first kappa shape index (κ1) is 16.4. The quantitative estimate of drug-likeness (QED) is 0.805. The van der Waals surface area contributed by atoms with E-state index in [9.17, 15) is 14.4 Å². The van der Waals surface area contributed by atoms with E-state index in [0.29, 0.717) is 18.0 Å². The number of amides is 2. The Bertz CT molecular complexity index is 603. The molecule has 1 N–H and O–H groups in total. The molecule has 0 aromatic heterocycles. The number of aliphatic carboxylic acids is 1. The van der Waals surface area contributed by atoms with E-state index in [4.69, 9.17) is 9.84 Å². The molecular weight excluding hydrogens is 306 g/mol. The monoisotopic (exact) mass is 323 g/mol. The molecule has 1 aliphatic heterocycles. The van der Waals surface area contributed by atoms with Gasteiger partial charge < -0.3 is 9.84 Å². The SMILES string of the molecule is CCOc1ccccc1N1C(=O)CC(SC(C)C(=O)O)C1=O. The van der Waals surface area contributed by atoms with Crippen LogP contribution in [0.1, 0.15) is 20.3 Å². The van der Waals surface area contributed by atoms with Gasteiger partial charge in [0.1, 0.15) is 11.0 Å². The number of carboxylic acid groups (broad SMARTS) is 1. The maximum atomic E-state index is 12.5. The lowest BCUT2D eigenvalue weighted by Crippen LogP contribution is -2.32. The third-order valence-electron chi connectivity index (χ3n) is 3.23. The van der Waals surface area contributed by atoms with Gasteiger partial charge in [-0.05, 0) is 26.0 Å². The molecule has 2 amide bonds. The van der Waals surface area contributed by atoms with Crippen molar-refractivity contribution in [3.8, 4) is 5.75 Å². The predicted molar refractivity (Wildman–Crippen MR) is 83.2 cm³/mol. The van der Waals surface area contributed by atoms with E-state index in [0.717, 1.165) is 16.7 Å². The summed E-state index contributed by atoms with van der Waals surface area (Å²) in [5.41, 5.74) is 0.408. The lowest BCUT2D eigenvalue weighted by atomic mass is 10.2. The molecule has 118 valence electrons. The van der Waals surface area contributed by atoms with Crippen LogP contribution in [0.4, 0.5) is 5.69 Å². The maximum Gasteiger partial charge on any atom is 0.316 e. The van der Waals surface area contributed by atoms with E-state index in [2.05, 4.69) is 0 Å². The highest BCUT2D eigenvalue weighted by Crippen LogP contribution is 2.36. The number of nitrogens with zero attached hydrogens (tertiary/aromatic N) is 1. The Hall–Kier alpha value is -2.02. The number of carboxylic acids is 1. The van der Waals surface area contributed by atoms with Crippen molar-refractivity contribution in [3.63, 3.8) is 0 Å². The van der Waals surface area contributed by atoms with Gasteiger partial charge in [0.15, 0.2) is 0 Å². The van der Waals surface area contributed by atoms with E-state index >= 15 is 0 Å². The number of benzene rings is 1. The van der Waals surface area contributed by atoms with Gasteiger partial charge in [-0.15, -0.1) is 11.8 Å². The minimum atomic E-state index is -1.00. The lowest BCUT2D eigenvalue weighted by Gasteiger charge is -2.18. The van der Waals surface area contributed by atoms with Gasteiger partial charge in [0, 0.05) is 6.42 Å². The molecule has 1 saturated heterocycles. The number of hydrogen-bond donors (Lipinski definition) is 1. The molecule has 2 rings (SSSR count). The molecule has 0 bridgehead atoms. The van der Waals surface area contributed by atoms with Gasteiger partial charge in [0.25, 0.3) is 0 Å². The topological polar surface area (TPSA) is 83.9 Å². The maximum absolute atomic E-state index is 12.5. The zero-order chi connectivity index (χ0) is 16.3. The summed E-state index contributed by atoms with van der Waals surface area (Å²) in [6, 6.07) is 6.82. The van der Waals surface area contributed by atoms with Gasteiger partial charge in [-0.25, -0.2) is 4.90 Å². The molecule has 0 saturated carbocycles. The van der Waals surface area contributed by atoms with E-state index in [1.807, 2.05) is 6.92 Å². The average molecular weight is 323 g/mol. The highest BCUT2D eigenvalue weighted by atomic mass is 32.2. The molecule has 7 heteroatoms. The third kappa shape index (κ3) is 3.24. The highest BCUT2D eigenvalue weighted by Gasteiger charge is 2.42. The fourth-order valence-corrected chi connectivity index (χ4v) is 3.26. The number of anilines is 1. The molecule has 0 aliphatic carbocycles. The Balaban J connectivity index is 2.24. The first-order valence-electron chi connectivity index (χ1n) is 6.92. The minimum Gasteiger partial charge on any atom is -0.492 e. The van der Waals surface area contributed by atoms with Crippen LogP contribution in [-0.2, 0) is 14.4 Å². The summed E-state index contributed by atoms with van der Waals surface area (Å²) in [6.45, 7) is 3.74. The Morgan fingerprint density at radius 3 is 2.77 bits per heavy atom. The Morgan fingerprint density at radius 2 is 2.14 bits per heavy atom. The number of ether oxygens (including phenoxy) is 1. The summed E-state index contributed by atoms with van der Waals surface area (Å²) in [7, 11) is 0. The van der Waals surface area contributed by atoms with Crippen LogP contribution < -0.4 is 9.64 Å². The summed E-state index contributed by atoms with van der Waals surface area (Å²) in [5, 5.41) is 7.52. The Morgan fingerprint density at radius 1 is 1.45 bits per heavy atom. The number of thioether (sulfide) groups is 1. The van der Waals surface area contributed by atoms with E-state index < -0.39 is 22.4 Å². The molecule has 2 atom stereocenters. The molecule has 1 fully saturated rings. The molecule has 6 nitrogen and oxygen atoms in total. The molecule has 22 heavy (non-hydrogen) atoms. The van der Waals surface area contributed by atoms with Gasteiger partial charge in [0.2, 0.25) is 11.8 Å². The average Bonchev–Trinajstić information content (AvgIpc) is 2.74. The number of para-hydroxylation sites is 2. The zero-order valence-corrected chi connectivity index (χ0v) is 13.1. The molecule has 1 heterocycles. The lowest BCUT2D eigenvalue weighted by molar-refractivity contribution is -0.136. The van der Waals surface area contributed by atoms with Crippen LogP contribution in [0, 0.1) is 0 Å². The molecule has 1 aromatic carbocycles. The van der Waals surface area contributed by atoms with Crippen molar-refractivity contribution in [1.29, 1.82) is 0 Å². The van der Waals surface area contributed by atoms with E-state index in [1.54, 1.807) is 24.3 Å². The summed E-state index contributed by atoms with van der Waals surface area (Å²) < 4.78 is 5.45. The van der Waals surface area contributed by atoms with Crippen LogP contribution in [0.25, 0.3) is 0 Å². The van der Waals surface area contributed by atoms with Crippen molar-refractivity contribution in [2.45, 2.75) is 30.8 Å². The van der Waals surface area contributed by atoms with Gasteiger partial charge in [0.05, 0.1) is 17.5 Å². The van der Waals surface area contributed by atoms with Crippen LogP contribution in [0.3, 0.4) is 0 Å². The summed E-state index contributed by atoms with van der Waals surface area (Å²) in [4.78, 5) is 36.7. The number of carbonyl (C=O) groups is 3. The van der Waals surface area contributed by atoms with Crippen molar-refractivity contribution in [1.82, 2.24) is 0 Å². The van der Waals surface area contributed by atoms with Crippen molar-refractivity contribution >= 4 is 35.2 Å². The van der Waals surface area contributed by atoms with Crippen molar-refractivity contribution < 1.29 is 24.2 Å². The van der Waals surface area contributed by atoms with Crippen LogP contribution in [0.2, 0.25) is 0 Å². The van der Waals surface area contributed by atoms with Gasteiger partial charge in [-0.2, -0.15) is 0 Å². The molecule has 1 aliphatic rings. The van der Waals surface area contributed by atoms with Gasteiger partial charge in [-0.3, -0.25) is 14.4 Å². The first-order valence-corrected chi connectivity index (χ1v) is 7.86. The standard InChI is InChI=1S/C15H17NO5S/c1-3-21-11-7-5-4-6-10(11)16-13(17)8-12(14(16)18)22-9(2)15(19)20/h4-7,9,12H,3,8H2,1-2H3,(H,19,20). The fraction of sp³-hybridized carbons (Fsp3) is 0.400. The molecule has 0 radical (unpaired) electrons. The number of rotatable bonds is 6. The van der Waals surface area contributed by atoms with Crippen molar-refractivity contribution in [2.24, 2.45) is 0 Å². The van der Waals surface area contributed by atoms with Gasteiger partial charge >= 0.3 is 5.97 Å². The van der Waals surface area contributed by atoms with Crippen molar-refractivity contribution in [2.75, 3.05) is 11.5 Å². The highest BCUT2D eigenvalue weighted by molar-refractivity contribution is 8.01. The largest absolute Gasteiger partial charge is 0.492 e. The van der Waals surface area contributed by atoms with Gasteiger partial charge in [-0.1, -0.05) is 12.1 Å². The smallest absolute Gasteiger partial charge is 0.316 e. The minimum absolute atomic E-state index is 0.00157. The first-order chi connectivity index (χ1) is 10.5. The summed E-state index contributed by atoms with van der Waals surface area (Å²) >= 11 is 0.992. The molecule has 0 spiro atoms. The normalized spacial score (nSPS) is 19.4. The predicted octanol–water partition coefficient (Wildman–Crippen LogP) is 1.92. The van der Waals surface area contributed by atoms with Crippen LogP contribution >= 0.6 is 11.8 Å². The second kappa shape index (κ2) is 6.83. The Labute approximate surface area is 132 Å². The van der Waals surface area contributed by atoms with Crippen LogP contribution in [0.5, 0.6) is 5.75 Å².